The molecular formula is C14H21N3O. The Morgan fingerprint density at radius 1 is 1.28 bits per heavy atom. The molecule has 0 atom stereocenters. The van der Waals surface area contributed by atoms with E-state index in [0.29, 0.717) is 0 Å². The van der Waals surface area contributed by atoms with Gasteiger partial charge in [0.2, 0.25) is 0 Å². The minimum Gasteiger partial charge on any atom is -0.379 e. The normalized spacial score (nSPS) is 23.6. The van der Waals surface area contributed by atoms with Gasteiger partial charge in [0.05, 0.1) is 24.3 Å². The number of hydrogen-bond acceptors (Lipinski definition) is 4. The zero-order chi connectivity index (χ0) is 12.3. The standard InChI is InChI=1S/C14H21N3O/c1-2-5-16-13(3-1)14(11-18-12-14)4-8-17-9-6-15-7-10-17/h1-3,5,15H,4,6-12H2. The summed E-state index contributed by atoms with van der Waals surface area (Å²) in [7, 11) is 0. The van der Waals surface area contributed by atoms with Crippen molar-refractivity contribution in [1.82, 2.24) is 15.2 Å². The van der Waals surface area contributed by atoms with Gasteiger partial charge in [0.15, 0.2) is 0 Å². The van der Waals surface area contributed by atoms with Gasteiger partial charge < -0.3 is 15.0 Å². The van der Waals surface area contributed by atoms with E-state index in [1.54, 1.807) is 0 Å². The molecule has 0 aliphatic carbocycles. The lowest BCUT2D eigenvalue weighted by Gasteiger charge is -2.42. The summed E-state index contributed by atoms with van der Waals surface area (Å²) in [5.74, 6) is 0. The van der Waals surface area contributed by atoms with Crippen LogP contribution in [-0.4, -0.2) is 55.8 Å². The fourth-order valence-electron chi connectivity index (χ4n) is 2.75. The molecule has 2 aliphatic rings. The predicted octanol–water partition coefficient (Wildman–Crippen LogP) is 0.645. The minimum absolute atomic E-state index is 0.173. The highest BCUT2D eigenvalue weighted by atomic mass is 16.5. The number of nitrogens with zero attached hydrogens (tertiary/aromatic N) is 2. The van der Waals surface area contributed by atoms with Crippen molar-refractivity contribution in [3.8, 4) is 0 Å². The Kier molecular flexibility index (Phi) is 3.59. The van der Waals surface area contributed by atoms with E-state index >= 15 is 0 Å². The van der Waals surface area contributed by atoms with Gasteiger partial charge in [-0.05, 0) is 25.1 Å². The molecule has 1 aromatic rings. The van der Waals surface area contributed by atoms with Gasteiger partial charge in [0, 0.05) is 32.4 Å². The minimum atomic E-state index is 0.173. The molecular weight excluding hydrogens is 226 g/mol. The highest BCUT2D eigenvalue weighted by molar-refractivity contribution is 5.20. The molecule has 2 aliphatic heterocycles. The van der Waals surface area contributed by atoms with E-state index in [9.17, 15) is 0 Å². The zero-order valence-corrected chi connectivity index (χ0v) is 10.8. The number of pyridine rings is 1. The van der Waals surface area contributed by atoms with Crippen LogP contribution < -0.4 is 5.32 Å². The number of piperazine rings is 1. The van der Waals surface area contributed by atoms with Crippen LogP contribution >= 0.6 is 0 Å². The predicted molar refractivity (Wildman–Crippen MR) is 70.7 cm³/mol. The second-order valence-corrected chi connectivity index (χ2v) is 5.33. The van der Waals surface area contributed by atoms with Gasteiger partial charge in [-0.2, -0.15) is 0 Å². The van der Waals surface area contributed by atoms with Gasteiger partial charge in [-0.1, -0.05) is 6.07 Å². The number of hydrogen-bond donors (Lipinski definition) is 1. The van der Waals surface area contributed by atoms with Crippen LogP contribution in [0.1, 0.15) is 12.1 Å². The molecule has 2 saturated heterocycles. The summed E-state index contributed by atoms with van der Waals surface area (Å²) in [6, 6.07) is 6.19. The molecule has 0 spiro atoms. The molecule has 0 radical (unpaired) electrons. The van der Waals surface area contributed by atoms with Crippen LogP contribution in [-0.2, 0) is 10.2 Å². The average Bonchev–Trinajstić information content (AvgIpc) is 2.40. The van der Waals surface area contributed by atoms with E-state index in [-0.39, 0.29) is 5.41 Å². The Morgan fingerprint density at radius 3 is 2.72 bits per heavy atom. The molecule has 4 nitrogen and oxygen atoms in total. The van der Waals surface area contributed by atoms with Crippen LogP contribution in [0.25, 0.3) is 0 Å². The molecule has 0 bridgehead atoms. The van der Waals surface area contributed by atoms with Crippen LogP contribution in [0, 0.1) is 0 Å². The molecule has 3 heterocycles. The van der Waals surface area contributed by atoms with Crippen LogP contribution in [0.4, 0.5) is 0 Å². The van der Waals surface area contributed by atoms with Crippen molar-refractivity contribution < 1.29 is 4.74 Å². The van der Waals surface area contributed by atoms with Crippen molar-refractivity contribution in [2.75, 3.05) is 45.9 Å². The Labute approximate surface area is 108 Å². The van der Waals surface area contributed by atoms with Gasteiger partial charge in [-0.3, -0.25) is 4.98 Å². The van der Waals surface area contributed by atoms with Crippen LogP contribution in [0.15, 0.2) is 24.4 Å². The summed E-state index contributed by atoms with van der Waals surface area (Å²) in [4.78, 5) is 7.07. The van der Waals surface area contributed by atoms with Gasteiger partial charge in [0.1, 0.15) is 0 Å². The second kappa shape index (κ2) is 5.34. The highest BCUT2D eigenvalue weighted by Gasteiger charge is 2.41. The highest BCUT2D eigenvalue weighted by Crippen LogP contribution is 2.34. The SMILES string of the molecule is c1ccc(C2(CCN3CCNCC3)COC2)nc1. The summed E-state index contributed by atoms with van der Waals surface area (Å²) >= 11 is 0. The average molecular weight is 247 g/mol. The monoisotopic (exact) mass is 247 g/mol. The largest absolute Gasteiger partial charge is 0.379 e. The van der Waals surface area contributed by atoms with Crippen LogP contribution in [0.3, 0.4) is 0 Å². The lowest BCUT2D eigenvalue weighted by atomic mass is 9.78. The first-order valence-electron chi connectivity index (χ1n) is 6.81. The summed E-state index contributed by atoms with van der Waals surface area (Å²) < 4.78 is 5.46. The van der Waals surface area contributed by atoms with E-state index in [0.717, 1.165) is 39.3 Å². The summed E-state index contributed by atoms with van der Waals surface area (Å²) in [6.45, 7) is 7.38. The fourth-order valence-corrected chi connectivity index (χ4v) is 2.75. The maximum atomic E-state index is 5.46. The van der Waals surface area contributed by atoms with E-state index in [1.807, 2.05) is 12.3 Å². The third-order valence-corrected chi connectivity index (χ3v) is 4.08. The van der Waals surface area contributed by atoms with E-state index in [4.69, 9.17) is 4.74 Å². The molecule has 2 fully saturated rings. The molecule has 0 aromatic carbocycles. The lowest BCUT2D eigenvalue weighted by Crippen LogP contribution is -2.51. The maximum Gasteiger partial charge on any atom is 0.0605 e. The molecule has 0 amide bonds. The Balaban J connectivity index is 1.62. The number of nitrogens with one attached hydrogen (secondary N) is 1. The van der Waals surface area contributed by atoms with Gasteiger partial charge in [0.25, 0.3) is 0 Å². The van der Waals surface area contributed by atoms with Crippen molar-refractivity contribution in [1.29, 1.82) is 0 Å². The quantitative estimate of drug-likeness (QED) is 0.847. The van der Waals surface area contributed by atoms with Crippen molar-refractivity contribution in [3.63, 3.8) is 0 Å². The fraction of sp³-hybridized carbons (Fsp3) is 0.643. The first-order valence-corrected chi connectivity index (χ1v) is 6.81. The number of aromatic nitrogens is 1. The van der Waals surface area contributed by atoms with Gasteiger partial charge in [-0.15, -0.1) is 0 Å². The Morgan fingerprint density at radius 2 is 2.11 bits per heavy atom. The zero-order valence-electron chi connectivity index (χ0n) is 10.8. The third kappa shape index (κ3) is 2.41. The Hall–Kier alpha value is -0.970. The van der Waals surface area contributed by atoms with Gasteiger partial charge >= 0.3 is 0 Å². The molecule has 0 unspecified atom stereocenters. The van der Waals surface area contributed by atoms with E-state index < -0.39 is 0 Å². The molecule has 1 N–H and O–H groups in total. The number of rotatable bonds is 4. The smallest absolute Gasteiger partial charge is 0.0605 e. The molecule has 1 aromatic heterocycles. The second-order valence-electron chi connectivity index (χ2n) is 5.33. The summed E-state index contributed by atoms with van der Waals surface area (Å²) in [5, 5.41) is 3.39. The lowest BCUT2D eigenvalue weighted by molar-refractivity contribution is -0.0700. The molecule has 3 rings (SSSR count). The maximum absolute atomic E-state index is 5.46. The van der Waals surface area contributed by atoms with Crippen LogP contribution in [0.5, 0.6) is 0 Å². The first-order chi connectivity index (χ1) is 8.89. The van der Waals surface area contributed by atoms with Crippen molar-refractivity contribution in [2.24, 2.45) is 0 Å². The van der Waals surface area contributed by atoms with Gasteiger partial charge in [-0.25, -0.2) is 0 Å². The first kappa shape index (κ1) is 12.1. The van der Waals surface area contributed by atoms with Crippen molar-refractivity contribution in [3.05, 3.63) is 30.1 Å². The molecule has 0 saturated carbocycles. The summed E-state index contributed by atoms with van der Waals surface area (Å²) in [5.41, 5.74) is 1.37. The van der Waals surface area contributed by atoms with Crippen LogP contribution in [0.2, 0.25) is 0 Å². The topological polar surface area (TPSA) is 37.4 Å². The molecule has 18 heavy (non-hydrogen) atoms. The Bertz CT molecular complexity index is 372. The van der Waals surface area contributed by atoms with Crippen molar-refractivity contribution >= 4 is 0 Å². The summed E-state index contributed by atoms with van der Waals surface area (Å²) in [6.07, 6.45) is 3.05. The molecule has 4 heteroatoms. The van der Waals surface area contributed by atoms with E-state index in [2.05, 4.69) is 27.3 Å². The third-order valence-electron chi connectivity index (χ3n) is 4.08. The molecule has 98 valence electrons. The van der Waals surface area contributed by atoms with E-state index in [1.165, 1.54) is 18.8 Å². The van der Waals surface area contributed by atoms with Crippen molar-refractivity contribution in [2.45, 2.75) is 11.8 Å². The number of ether oxygens (including phenoxy) is 1.